The Morgan fingerprint density at radius 2 is 1.93 bits per heavy atom. The van der Waals surface area contributed by atoms with E-state index in [2.05, 4.69) is 15.3 Å². The first-order valence-electron chi connectivity index (χ1n) is 8.01. The van der Waals surface area contributed by atoms with Crippen LogP contribution in [0.2, 0.25) is 0 Å². The highest BCUT2D eigenvalue weighted by Crippen LogP contribution is 2.39. The molecule has 0 radical (unpaired) electrons. The first-order chi connectivity index (χ1) is 13.2. The van der Waals surface area contributed by atoms with E-state index in [0.29, 0.717) is 0 Å². The molecule has 1 heterocycles. The molecule has 1 aromatic heterocycles. The van der Waals surface area contributed by atoms with E-state index in [4.69, 9.17) is 16.2 Å². The normalized spacial score (nSPS) is 12.2. The number of aromatic nitrogens is 1. The van der Waals surface area contributed by atoms with Crippen LogP contribution in [0.25, 0.3) is 10.9 Å². The fourth-order valence-electron chi connectivity index (χ4n) is 2.55. The summed E-state index contributed by atoms with van der Waals surface area (Å²) in [5.41, 5.74) is 10.4. The average Bonchev–Trinajstić information content (AvgIpc) is 3.06. The zero-order chi connectivity index (χ0) is 20.5. The van der Waals surface area contributed by atoms with Crippen molar-refractivity contribution in [2.75, 3.05) is 12.8 Å². The quantitative estimate of drug-likeness (QED) is 0.311. The smallest absolute Gasteiger partial charge is 0.417 e. The number of anilines is 1. The van der Waals surface area contributed by atoms with E-state index in [-0.39, 0.29) is 39.7 Å². The number of rotatable bonds is 3. The molecule has 0 aliphatic heterocycles. The van der Waals surface area contributed by atoms with E-state index >= 15 is 0 Å². The Kier molecular flexibility index (Phi) is 4.87. The molecule has 0 bridgehead atoms. The van der Waals surface area contributed by atoms with Gasteiger partial charge >= 0.3 is 6.18 Å². The summed E-state index contributed by atoms with van der Waals surface area (Å²) in [7, 11) is 1.46. The molecule has 28 heavy (non-hydrogen) atoms. The number of hydrogen-bond donors (Lipinski definition) is 4. The van der Waals surface area contributed by atoms with Crippen LogP contribution in [0.4, 0.5) is 18.9 Å². The van der Waals surface area contributed by atoms with Crippen molar-refractivity contribution in [3.8, 4) is 11.5 Å². The molecule has 0 fully saturated rings. The molecule has 3 rings (SSSR count). The Balaban J connectivity index is 2.11. The highest BCUT2D eigenvalue weighted by molar-refractivity contribution is 6.04. The number of benzene rings is 2. The van der Waals surface area contributed by atoms with E-state index < -0.39 is 17.6 Å². The van der Waals surface area contributed by atoms with Gasteiger partial charge in [-0.05, 0) is 24.3 Å². The van der Waals surface area contributed by atoms with Crippen molar-refractivity contribution in [1.29, 1.82) is 0 Å². The van der Waals surface area contributed by atoms with Crippen LogP contribution in [-0.4, -0.2) is 23.9 Å². The minimum atomic E-state index is -4.67. The first kappa shape index (κ1) is 19.1. The monoisotopic (exact) mass is 391 g/mol. The lowest BCUT2D eigenvalue weighted by atomic mass is 10.1. The summed E-state index contributed by atoms with van der Waals surface area (Å²) in [6.45, 7) is 0. The molecule has 0 aliphatic rings. The van der Waals surface area contributed by atoms with E-state index in [0.717, 1.165) is 12.1 Å². The van der Waals surface area contributed by atoms with Gasteiger partial charge in [0.1, 0.15) is 17.2 Å². The maximum absolute atomic E-state index is 13.6. The zero-order valence-electron chi connectivity index (χ0n) is 14.6. The van der Waals surface area contributed by atoms with Crippen LogP contribution in [0.5, 0.6) is 11.5 Å². The number of aliphatic imine (C=N–C) groups is 1. The molecule has 0 atom stereocenters. The number of nitrogens with zero attached hydrogens (tertiary/aromatic N) is 1. The van der Waals surface area contributed by atoms with Crippen molar-refractivity contribution in [2.45, 2.75) is 6.18 Å². The molecule has 6 N–H and O–H groups in total. The maximum atomic E-state index is 13.6. The standard InChI is InChI=1S/C18H16F3N5O2/c1-24-17(23)26-16(27)14-8-10-11(18(19,20)21)6-9(7-13(10)25-14)28-15-5-3-2-4-12(15)22/h2-8,25H,22H2,1H3,(H3,23,24,26,27). The average molecular weight is 391 g/mol. The topological polar surface area (TPSA) is 119 Å². The van der Waals surface area contributed by atoms with Crippen LogP contribution < -0.4 is 21.5 Å². The Morgan fingerprint density at radius 3 is 2.57 bits per heavy atom. The number of aromatic amines is 1. The third-order valence-electron chi connectivity index (χ3n) is 3.87. The summed E-state index contributed by atoms with van der Waals surface area (Å²) < 4.78 is 46.2. The number of hydrogen-bond acceptors (Lipinski definition) is 3. The number of nitrogen functional groups attached to an aromatic ring is 1. The number of H-pyrrole nitrogens is 1. The lowest BCUT2D eigenvalue weighted by Gasteiger charge is -2.12. The molecule has 7 nitrogen and oxygen atoms in total. The summed E-state index contributed by atoms with van der Waals surface area (Å²) in [4.78, 5) is 18.3. The molecule has 0 saturated heterocycles. The lowest BCUT2D eigenvalue weighted by molar-refractivity contribution is -0.136. The second-order valence-corrected chi connectivity index (χ2v) is 5.80. The van der Waals surface area contributed by atoms with Crippen LogP contribution >= 0.6 is 0 Å². The summed E-state index contributed by atoms with van der Waals surface area (Å²) in [6.07, 6.45) is -4.67. The highest BCUT2D eigenvalue weighted by Gasteiger charge is 2.34. The van der Waals surface area contributed by atoms with Gasteiger partial charge in [0, 0.05) is 18.5 Å². The van der Waals surface area contributed by atoms with Gasteiger partial charge in [0.2, 0.25) is 0 Å². The van der Waals surface area contributed by atoms with Gasteiger partial charge < -0.3 is 26.5 Å². The first-order valence-corrected chi connectivity index (χ1v) is 8.01. The lowest BCUT2D eigenvalue weighted by Crippen LogP contribution is -2.28. The van der Waals surface area contributed by atoms with Crippen molar-refractivity contribution >= 4 is 28.5 Å². The second-order valence-electron chi connectivity index (χ2n) is 5.80. The van der Waals surface area contributed by atoms with Crippen LogP contribution in [-0.2, 0) is 6.18 Å². The zero-order valence-corrected chi connectivity index (χ0v) is 14.6. The largest absolute Gasteiger partial charge is 0.455 e. The van der Waals surface area contributed by atoms with Crippen LogP contribution in [0.3, 0.4) is 0 Å². The summed E-state index contributed by atoms with van der Waals surface area (Å²) in [5, 5.41) is 2.27. The number of alkyl halides is 3. The summed E-state index contributed by atoms with van der Waals surface area (Å²) in [6, 6.07) is 9.69. The molecule has 0 unspecified atom stereocenters. The minimum absolute atomic E-state index is 0.0564. The van der Waals surface area contributed by atoms with Crippen LogP contribution in [0.15, 0.2) is 47.5 Å². The third-order valence-corrected chi connectivity index (χ3v) is 3.87. The van der Waals surface area contributed by atoms with E-state index in [1.54, 1.807) is 18.2 Å². The van der Waals surface area contributed by atoms with Crippen molar-refractivity contribution in [2.24, 2.45) is 10.7 Å². The van der Waals surface area contributed by atoms with Gasteiger partial charge in [-0.2, -0.15) is 18.2 Å². The van der Waals surface area contributed by atoms with Crippen molar-refractivity contribution < 1.29 is 22.7 Å². The van der Waals surface area contributed by atoms with E-state index in [1.165, 1.54) is 19.2 Å². The van der Waals surface area contributed by atoms with Gasteiger partial charge in [-0.15, -0.1) is 0 Å². The predicted molar refractivity (Wildman–Crippen MR) is 99.2 cm³/mol. The number of halogens is 3. The Labute approximate surface area is 157 Å². The molecular formula is C18H16F3N5O2. The molecule has 2 aromatic carbocycles. The number of ether oxygens (including phenoxy) is 1. The number of guanidine groups is 1. The summed E-state index contributed by atoms with van der Waals surface area (Å²) in [5.74, 6) is -0.852. The number of fused-ring (bicyclic) bond motifs is 1. The van der Waals surface area contributed by atoms with Gasteiger partial charge in [-0.25, -0.2) is 0 Å². The Hall–Kier alpha value is -3.69. The Bertz CT molecular complexity index is 1070. The molecule has 10 heteroatoms. The number of amides is 1. The van der Waals surface area contributed by atoms with Gasteiger partial charge in [0.25, 0.3) is 5.91 Å². The number of para-hydroxylation sites is 2. The third kappa shape index (κ3) is 3.85. The SMILES string of the molecule is CNC(N)=NC(=O)c1cc2c(C(F)(F)F)cc(Oc3ccccc3N)cc2[nH]1. The van der Waals surface area contributed by atoms with Crippen LogP contribution in [0.1, 0.15) is 16.1 Å². The number of nitrogens with one attached hydrogen (secondary N) is 2. The molecule has 3 aromatic rings. The predicted octanol–water partition coefficient (Wildman–Crippen LogP) is 3.24. The van der Waals surface area contributed by atoms with Gasteiger partial charge in [-0.3, -0.25) is 4.79 Å². The van der Waals surface area contributed by atoms with Crippen LogP contribution in [0, 0.1) is 0 Å². The molecular weight excluding hydrogens is 375 g/mol. The Morgan fingerprint density at radius 1 is 1.21 bits per heavy atom. The molecule has 0 aliphatic carbocycles. The number of carbonyl (C=O) groups is 1. The molecule has 146 valence electrons. The van der Waals surface area contributed by atoms with E-state index in [9.17, 15) is 18.0 Å². The maximum Gasteiger partial charge on any atom is 0.417 e. The van der Waals surface area contributed by atoms with Crippen molar-refractivity contribution in [3.63, 3.8) is 0 Å². The van der Waals surface area contributed by atoms with Gasteiger partial charge in [0.15, 0.2) is 5.96 Å². The molecule has 0 spiro atoms. The summed E-state index contributed by atoms with van der Waals surface area (Å²) >= 11 is 0. The van der Waals surface area contributed by atoms with Gasteiger partial charge in [-0.1, -0.05) is 12.1 Å². The van der Waals surface area contributed by atoms with E-state index in [1.807, 2.05) is 0 Å². The fraction of sp³-hybridized carbons (Fsp3) is 0.111. The minimum Gasteiger partial charge on any atom is -0.455 e. The fourth-order valence-corrected chi connectivity index (χ4v) is 2.55. The van der Waals surface area contributed by atoms with Gasteiger partial charge in [0.05, 0.1) is 16.8 Å². The molecule has 1 amide bonds. The van der Waals surface area contributed by atoms with Crippen molar-refractivity contribution in [3.05, 3.63) is 53.7 Å². The van der Waals surface area contributed by atoms with Crippen molar-refractivity contribution in [1.82, 2.24) is 10.3 Å². The second kappa shape index (κ2) is 7.14. The molecule has 0 saturated carbocycles. The number of nitrogens with two attached hydrogens (primary N) is 2. The number of carbonyl (C=O) groups excluding carboxylic acids is 1. The highest BCUT2D eigenvalue weighted by atomic mass is 19.4.